The second kappa shape index (κ2) is 7.36. The number of hydrogen-bond acceptors (Lipinski definition) is 6. The highest BCUT2D eigenvalue weighted by Crippen LogP contribution is 2.45. The molecule has 1 aromatic rings. The van der Waals surface area contributed by atoms with Gasteiger partial charge >= 0.3 is 21.6 Å². The Morgan fingerprint density at radius 3 is 2.65 bits per heavy atom. The number of hydrogen-bond donors (Lipinski definition) is 2. The number of pyridine rings is 1. The summed E-state index contributed by atoms with van der Waals surface area (Å²) in [5, 5.41) is 10.1. The molecule has 1 aromatic heterocycles. The monoisotopic (exact) mass is 322 g/mol. The number of aliphatic hydroxyl groups is 1. The van der Waals surface area contributed by atoms with Gasteiger partial charge in [-0.25, -0.2) is 4.98 Å². The molecule has 0 aliphatic carbocycles. The molecule has 0 saturated carbocycles. The number of rotatable bonds is 8. The molecule has 0 amide bonds. The smallest absolute Gasteiger partial charge is 0.324 e. The number of ether oxygens (including phenoxy) is 1. The number of aromatic nitrogens is 1. The maximum Gasteiger partial charge on any atom is 0.414 e. The summed E-state index contributed by atoms with van der Waals surface area (Å²) in [6, 6.07) is 4.49. The van der Waals surface area contributed by atoms with Gasteiger partial charge in [0.25, 0.3) is 0 Å². The van der Waals surface area contributed by atoms with Crippen molar-refractivity contribution in [3.05, 3.63) is 29.6 Å². The molecular formula is C11H18NO6P2+. The van der Waals surface area contributed by atoms with E-state index >= 15 is 0 Å². The zero-order valence-corrected chi connectivity index (χ0v) is 13.2. The van der Waals surface area contributed by atoms with Crippen LogP contribution in [0.3, 0.4) is 0 Å². The summed E-state index contributed by atoms with van der Waals surface area (Å²) in [4.78, 5) is 13.6. The Morgan fingerprint density at radius 2 is 2.10 bits per heavy atom. The van der Waals surface area contributed by atoms with Gasteiger partial charge in [-0.05, 0) is 26.0 Å². The van der Waals surface area contributed by atoms with E-state index in [1.807, 2.05) is 0 Å². The fraction of sp³-hybridized carbons (Fsp3) is 0.545. The van der Waals surface area contributed by atoms with Gasteiger partial charge in [-0.3, -0.25) is 4.57 Å². The van der Waals surface area contributed by atoms with Crippen LogP contribution in [-0.4, -0.2) is 28.2 Å². The zero-order chi connectivity index (χ0) is 15.2. The molecule has 20 heavy (non-hydrogen) atoms. The zero-order valence-electron chi connectivity index (χ0n) is 11.3. The molecule has 0 fully saturated rings. The average Bonchev–Trinajstić information content (AvgIpc) is 2.38. The molecule has 0 radical (unpaired) electrons. The molecule has 0 bridgehead atoms. The van der Waals surface area contributed by atoms with Gasteiger partial charge in [0.1, 0.15) is 0 Å². The van der Waals surface area contributed by atoms with Crippen molar-refractivity contribution in [2.45, 2.75) is 25.5 Å². The van der Waals surface area contributed by atoms with Crippen LogP contribution in [0.4, 0.5) is 0 Å². The molecule has 0 spiro atoms. The Labute approximate surface area is 118 Å². The van der Waals surface area contributed by atoms with E-state index < -0.39 is 21.6 Å². The van der Waals surface area contributed by atoms with Crippen LogP contribution in [0.25, 0.3) is 0 Å². The van der Waals surface area contributed by atoms with E-state index in [4.69, 9.17) is 9.26 Å². The minimum atomic E-state index is -3.77. The highest BCUT2D eigenvalue weighted by Gasteiger charge is 2.41. The molecule has 3 unspecified atom stereocenters. The number of nitrogens with zero attached hydrogens (tertiary/aromatic N) is 1. The van der Waals surface area contributed by atoms with Gasteiger partial charge in [-0.1, -0.05) is 10.6 Å². The normalized spacial score (nSPS) is 17.6. The Bertz CT molecular complexity index is 511. The van der Waals surface area contributed by atoms with Crippen LogP contribution >= 0.6 is 16.1 Å². The van der Waals surface area contributed by atoms with E-state index in [2.05, 4.69) is 4.98 Å². The summed E-state index contributed by atoms with van der Waals surface area (Å²) in [5.74, 6) is 0. The first-order valence-electron chi connectivity index (χ1n) is 6.05. The third-order valence-electron chi connectivity index (χ3n) is 2.34. The summed E-state index contributed by atoms with van der Waals surface area (Å²) >= 11 is 0. The predicted octanol–water partition coefficient (Wildman–Crippen LogP) is 1.97. The van der Waals surface area contributed by atoms with Gasteiger partial charge in [-0.15, -0.1) is 0 Å². The van der Waals surface area contributed by atoms with Crippen molar-refractivity contribution in [3.63, 3.8) is 0 Å². The Balaban J connectivity index is 3.01. The SMILES string of the molecule is CCOC(O)([PH+]=O)c1cccc(CP(=O)(O)OCC)n1. The molecule has 0 saturated heterocycles. The minimum Gasteiger partial charge on any atom is -0.324 e. The van der Waals surface area contributed by atoms with Crippen LogP contribution in [0, 0.1) is 0 Å². The lowest BCUT2D eigenvalue weighted by Crippen LogP contribution is -2.24. The predicted molar refractivity (Wildman–Crippen MR) is 73.9 cm³/mol. The van der Waals surface area contributed by atoms with Crippen molar-refractivity contribution in [2.75, 3.05) is 13.2 Å². The van der Waals surface area contributed by atoms with Crippen molar-refractivity contribution in [1.29, 1.82) is 0 Å². The van der Waals surface area contributed by atoms with Crippen molar-refractivity contribution < 1.29 is 28.4 Å². The summed E-state index contributed by atoms with van der Waals surface area (Å²) in [7, 11) is -4.94. The topological polar surface area (TPSA) is 106 Å². The lowest BCUT2D eigenvalue weighted by Gasteiger charge is -2.15. The quantitative estimate of drug-likeness (QED) is 0.556. The van der Waals surface area contributed by atoms with Gasteiger partial charge in [0.15, 0.2) is 5.69 Å². The second-order valence-corrected chi connectivity index (χ2v) is 6.64. The molecule has 112 valence electrons. The van der Waals surface area contributed by atoms with Crippen molar-refractivity contribution in [1.82, 2.24) is 4.98 Å². The highest BCUT2D eigenvalue weighted by atomic mass is 31.2. The van der Waals surface area contributed by atoms with E-state index in [9.17, 15) is 19.1 Å². The Morgan fingerprint density at radius 1 is 1.40 bits per heavy atom. The fourth-order valence-corrected chi connectivity index (χ4v) is 3.10. The third kappa shape index (κ3) is 4.70. The molecule has 3 atom stereocenters. The van der Waals surface area contributed by atoms with Crippen LogP contribution in [0.2, 0.25) is 0 Å². The molecule has 7 nitrogen and oxygen atoms in total. The highest BCUT2D eigenvalue weighted by molar-refractivity contribution is 7.51. The van der Waals surface area contributed by atoms with Crippen LogP contribution in [-0.2, 0) is 30.1 Å². The van der Waals surface area contributed by atoms with E-state index in [1.165, 1.54) is 18.2 Å². The first kappa shape index (κ1) is 17.4. The van der Waals surface area contributed by atoms with Crippen LogP contribution in [0.5, 0.6) is 0 Å². The van der Waals surface area contributed by atoms with Crippen LogP contribution in [0.15, 0.2) is 18.2 Å². The van der Waals surface area contributed by atoms with Gasteiger partial charge in [-0.2, -0.15) is 0 Å². The lowest BCUT2D eigenvalue weighted by molar-refractivity contribution is -0.140. The van der Waals surface area contributed by atoms with Crippen LogP contribution < -0.4 is 0 Å². The van der Waals surface area contributed by atoms with E-state index in [0.29, 0.717) is 0 Å². The van der Waals surface area contributed by atoms with Gasteiger partial charge in [0.2, 0.25) is 0 Å². The molecule has 9 heteroatoms. The van der Waals surface area contributed by atoms with E-state index in [0.717, 1.165) is 0 Å². The molecule has 1 rings (SSSR count). The maximum absolute atomic E-state index is 11.7. The summed E-state index contributed by atoms with van der Waals surface area (Å²) in [6.07, 6.45) is -0.293. The van der Waals surface area contributed by atoms with E-state index in [1.54, 1.807) is 13.8 Å². The Hall–Kier alpha value is -0.680. The second-order valence-electron chi connectivity index (χ2n) is 3.91. The van der Waals surface area contributed by atoms with Crippen molar-refractivity contribution >= 4 is 16.1 Å². The first-order valence-corrected chi connectivity index (χ1v) is 8.72. The van der Waals surface area contributed by atoms with Gasteiger partial charge in [0.05, 0.1) is 25.1 Å². The molecule has 2 N–H and O–H groups in total. The summed E-state index contributed by atoms with van der Waals surface area (Å²) < 4.78 is 32.6. The molecule has 0 aliphatic heterocycles. The third-order valence-corrected chi connectivity index (χ3v) is 4.40. The molecule has 0 aliphatic rings. The van der Waals surface area contributed by atoms with Gasteiger partial charge < -0.3 is 19.3 Å². The minimum absolute atomic E-state index is 0.0293. The van der Waals surface area contributed by atoms with Crippen molar-refractivity contribution in [3.8, 4) is 0 Å². The standard InChI is InChI=1S/C11H17NO6P2/c1-3-17-11(13,19-14)10-7-5-6-9(12-10)8-20(15,16)18-4-2/h5-7,13H,3-4,8H2,1-2H3,(H,15,16)/p+1. The lowest BCUT2D eigenvalue weighted by atomic mass is 10.3. The largest absolute Gasteiger partial charge is 0.414 e. The van der Waals surface area contributed by atoms with Crippen molar-refractivity contribution in [2.24, 2.45) is 0 Å². The average molecular weight is 322 g/mol. The maximum atomic E-state index is 11.7. The summed E-state index contributed by atoms with van der Waals surface area (Å²) in [6.45, 7) is 3.51. The fourth-order valence-electron chi connectivity index (χ4n) is 1.57. The first-order chi connectivity index (χ1) is 9.37. The van der Waals surface area contributed by atoms with Crippen LogP contribution in [0.1, 0.15) is 25.2 Å². The molecule has 0 aromatic carbocycles. The molecular weight excluding hydrogens is 304 g/mol. The van der Waals surface area contributed by atoms with E-state index in [-0.39, 0.29) is 30.8 Å². The van der Waals surface area contributed by atoms with Gasteiger partial charge in [0, 0.05) is 0 Å². The summed E-state index contributed by atoms with van der Waals surface area (Å²) in [5.41, 5.74) is -1.73. The molecule has 1 heterocycles. The Kier molecular flexibility index (Phi) is 6.40.